The van der Waals surface area contributed by atoms with Crippen LogP contribution in [0.1, 0.15) is 31.7 Å². The zero-order chi connectivity index (χ0) is 14.9. The van der Waals surface area contributed by atoms with E-state index in [0.717, 1.165) is 25.1 Å². The molecule has 1 aliphatic rings. The molecule has 1 saturated heterocycles. The van der Waals surface area contributed by atoms with Crippen LogP contribution < -0.4 is 10.6 Å². The molecule has 1 aliphatic heterocycles. The Balaban J connectivity index is 1.82. The highest BCUT2D eigenvalue weighted by Crippen LogP contribution is 2.17. The fourth-order valence-electron chi connectivity index (χ4n) is 2.71. The summed E-state index contributed by atoms with van der Waals surface area (Å²) in [6, 6.07) is 7.95. The first-order valence-corrected chi connectivity index (χ1v) is 7.96. The van der Waals surface area contributed by atoms with Gasteiger partial charge in [0.15, 0.2) is 0 Å². The van der Waals surface area contributed by atoms with E-state index in [1.165, 1.54) is 31.5 Å². The van der Waals surface area contributed by atoms with Gasteiger partial charge in [-0.3, -0.25) is 0 Å². The molecule has 21 heavy (non-hydrogen) atoms. The van der Waals surface area contributed by atoms with Crippen LogP contribution in [0.2, 0.25) is 0 Å². The topological polar surface area (TPSA) is 44.4 Å². The highest BCUT2D eigenvalue weighted by atomic mass is 16.2. The number of para-hydroxylation sites is 1. The zero-order valence-electron chi connectivity index (χ0n) is 12.9. The third-order valence-electron chi connectivity index (χ3n) is 3.82. The molecule has 1 heterocycles. The molecule has 0 saturated carbocycles. The second kappa shape index (κ2) is 8.67. The second-order valence-electron chi connectivity index (χ2n) is 5.45. The number of likely N-dealkylation sites (tertiary alicyclic amines) is 1. The summed E-state index contributed by atoms with van der Waals surface area (Å²) in [5.74, 6) is 0. The fourth-order valence-corrected chi connectivity index (χ4v) is 2.71. The van der Waals surface area contributed by atoms with Gasteiger partial charge in [-0.1, -0.05) is 18.2 Å². The van der Waals surface area contributed by atoms with Gasteiger partial charge in [-0.05, 0) is 70.3 Å². The predicted octanol–water partition coefficient (Wildman–Crippen LogP) is 3.06. The van der Waals surface area contributed by atoms with Crippen LogP contribution in [0.4, 0.5) is 10.5 Å². The van der Waals surface area contributed by atoms with Crippen LogP contribution in [0, 0.1) is 6.42 Å². The third-order valence-corrected chi connectivity index (χ3v) is 3.82. The van der Waals surface area contributed by atoms with Gasteiger partial charge in [0.1, 0.15) is 0 Å². The Bertz CT molecular complexity index is 441. The number of rotatable bonds is 6. The number of carbonyl (C=O) groups excluding carboxylic acids is 1. The highest BCUT2D eigenvalue weighted by Gasteiger charge is 2.10. The minimum absolute atomic E-state index is 0.128. The van der Waals surface area contributed by atoms with Crippen LogP contribution in [0.25, 0.3) is 0 Å². The molecule has 1 aromatic rings. The van der Waals surface area contributed by atoms with Gasteiger partial charge in [-0.25, -0.2) is 4.79 Å². The molecule has 4 nitrogen and oxygen atoms in total. The van der Waals surface area contributed by atoms with Crippen molar-refractivity contribution < 1.29 is 4.79 Å². The van der Waals surface area contributed by atoms with Crippen LogP contribution in [0.3, 0.4) is 0 Å². The van der Waals surface area contributed by atoms with Crippen molar-refractivity contribution in [3.8, 4) is 0 Å². The number of benzene rings is 1. The van der Waals surface area contributed by atoms with Crippen molar-refractivity contribution >= 4 is 11.7 Å². The molecule has 0 atom stereocenters. The molecule has 1 radical (unpaired) electrons. The van der Waals surface area contributed by atoms with Crippen LogP contribution in [0.5, 0.6) is 0 Å². The lowest BCUT2D eigenvalue weighted by Crippen LogP contribution is -2.31. The number of hydrogen-bond donors (Lipinski definition) is 2. The minimum atomic E-state index is -0.128. The summed E-state index contributed by atoms with van der Waals surface area (Å²) in [6.07, 6.45) is 6.95. The number of anilines is 1. The lowest BCUT2D eigenvalue weighted by molar-refractivity contribution is 0.251. The van der Waals surface area contributed by atoms with Gasteiger partial charge in [-0.2, -0.15) is 0 Å². The highest BCUT2D eigenvalue weighted by molar-refractivity contribution is 5.90. The van der Waals surface area contributed by atoms with Gasteiger partial charge in [0.05, 0.1) is 0 Å². The van der Waals surface area contributed by atoms with E-state index in [4.69, 9.17) is 0 Å². The standard InChI is InChI=1S/C17H26N3O/c1-2-18-17(21)19-16-11-5-4-9-15(16)10-8-14-20-12-6-3-7-13-20/h3-5,9,11H,2,6-8,10,12-14H2,1H3,(H2,18,19,21). The smallest absolute Gasteiger partial charge is 0.319 e. The van der Waals surface area contributed by atoms with Crippen LogP contribution in [-0.2, 0) is 6.42 Å². The Labute approximate surface area is 127 Å². The normalized spacial score (nSPS) is 15.7. The van der Waals surface area contributed by atoms with Crippen molar-refractivity contribution in [2.24, 2.45) is 0 Å². The van der Waals surface area contributed by atoms with E-state index in [0.29, 0.717) is 6.54 Å². The van der Waals surface area contributed by atoms with Crippen molar-refractivity contribution in [2.45, 2.75) is 32.6 Å². The summed E-state index contributed by atoms with van der Waals surface area (Å²) in [4.78, 5) is 14.2. The lowest BCUT2D eigenvalue weighted by Gasteiger charge is -2.26. The largest absolute Gasteiger partial charge is 0.338 e. The number of hydrogen-bond acceptors (Lipinski definition) is 2. The number of nitrogens with zero attached hydrogens (tertiary/aromatic N) is 1. The number of carbonyl (C=O) groups is 1. The molecule has 0 bridgehead atoms. The monoisotopic (exact) mass is 288 g/mol. The molecule has 2 amide bonds. The predicted molar refractivity (Wildman–Crippen MR) is 87.4 cm³/mol. The fraction of sp³-hybridized carbons (Fsp3) is 0.529. The Morgan fingerprint density at radius 2 is 2.00 bits per heavy atom. The Kier molecular flexibility index (Phi) is 6.54. The van der Waals surface area contributed by atoms with Crippen molar-refractivity contribution in [3.05, 3.63) is 36.2 Å². The molecule has 0 spiro atoms. The van der Waals surface area contributed by atoms with Crippen molar-refractivity contribution in [1.29, 1.82) is 0 Å². The summed E-state index contributed by atoms with van der Waals surface area (Å²) in [5.41, 5.74) is 2.14. The summed E-state index contributed by atoms with van der Waals surface area (Å²) in [7, 11) is 0. The average Bonchev–Trinajstić information content (AvgIpc) is 2.50. The molecule has 0 aliphatic carbocycles. The Hall–Kier alpha value is -1.55. The van der Waals surface area contributed by atoms with E-state index in [9.17, 15) is 4.79 Å². The summed E-state index contributed by atoms with van der Waals surface area (Å²) in [5, 5.41) is 5.70. The first-order valence-electron chi connectivity index (χ1n) is 7.96. The van der Waals surface area contributed by atoms with E-state index in [-0.39, 0.29) is 6.03 Å². The molecule has 1 fully saturated rings. The molecular formula is C17H26N3O. The van der Waals surface area contributed by atoms with Crippen molar-refractivity contribution in [2.75, 3.05) is 31.5 Å². The molecular weight excluding hydrogens is 262 g/mol. The van der Waals surface area contributed by atoms with Crippen molar-refractivity contribution in [1.82, 2.24) is 10.2 Å². The van der Waals surface area contributed by atoms with E-state index >= 15 is 0 Å². The van der Waals surface area contributed by atoms with Gasteiger partial charge in [0.2, 0.25) is 0 Å². The summed E-state index contributed by atoms with van der Waals surface area (Å²) >= 11 is 0. The maximum atomic E-state index is 11.7. The number of urea groups is 1. The van der Waals surface area contributed by atoms with E-state index in [1.54, 1.807) is 0 Å². The number of piperidine rings is 1. The maximum Gasteiger partial charge on any atom is 0.319 e. The Morgan fingerprint density at radius 1 is 1.24 bits per heavy atom. The maximum absolute atomic E-state index is 11.7. The van der Waals surface area contributed by atoms with Crippen molar-refractivity contribution in [3.63, 3.8) is 0 Å². The first kappa shape index (κ1) is 15.8. The van der Waals surface area contributed by atoms with Gasteiger partial charge < -0.3 is 15.5 Å². The summed E-state index contributed by atoms with van der Waals surface area (Å²) in [6.45, 7) is 6.09. The van der Waals surface area contributed by atoms with Crippen LogP contribution >= 0.6 is 0 Å². The van der Waals surface area contributed by atoms with Gasteiger partial charge in [-0.15, -0.1) is 0 Å². The summed E-state index contributed by atoms with van der Waals surface area (Å²) < 4.78 is 0. The molecule has 2 N–H and O–H groups in total. The number of amides is 2. The molecule has 1 aromatic carbocycles. The first-order chi connectivity index (χ1) is 10.3. The van der Waals surface area contributed by atoms with E-state index in [2.05, 4.69) is 28.0 Å². The molecule has 4 heteroatoms. The van der Waals surface area contributed by atoms with Crippen LogP contribution in [0.15, 0.2) is 24.3 Å². The zero-order valence-corrected chi connectivity index (χ0v) is 12.9. The lowest BCUT2D eigenvalue weighted by atomic mass is 10.1. The van der Waals surface area contributed by atoms with Crippen LogP contribution in [-0.4, -0.2) is 37.1 Å². The second-order valence-corrected chi connectivity index (χ2v) is 5.45. The van der Waals surface area contributed by atoms with E-state index in [1.807, 2.05) is 25.1 Å². The van der Waals surface area contributed by atoms with E-state index < -0.39 is 0 Å². The SMILES string of the molecule is CCNC(=O)Nc1ccccc1CCCN1CC[CH]CC1. The number of aryl methyl sites for hydroxylation is 1. The molecule has 115 valence electrons. The Morgan fingerprint density at radius 3 is 2.76 bits per heavy atom. The van der Waals surface area contributed by atoms with Gasteiger partial charge in [0.25, 0.3) is 0 Å². The number of nitrogens with one attached hydrogen (secondary N) is 2. The quantitative estimate of drug-likeness (QED) is 0.845. The third kappa shape index (κ3) is 5.38. The van der Waals surface area contributed by atoms with Gasteiger partial charge in [0, 0.05) is 12.2 Å². The van der Waals surface area contributed by atoms with Gasteiger partial charge >= 0.3 is 6.03 Å². The molecule has 0 unspecified atom stereocenters. The average molecular weight is 288 g/mol. The molecule has 0 aromatic heterocycles. The molecule has 2 rings (SSSR count). The minimum Gasteiger partial charge on any atom is -0.338 e.